The van der Waals surface area contributed by atoms with Crippen molar-refractivity contribution in [1.82, 2.24) is 19.8 Å². The van der Waals surface area contributed by atoms with Crippen LogP contribution in [0.2, 0.25) is 0 Å². The second-order valence-electron chi connectivity index (χ2n) is 6.19. The highest BCUT2D eigenvalue weighted by Gasteiger charge is 2.31. The van der Waals surface area contributed by atoms with Crippen LogP contribution < -0.4 is 10.6 Å². The number of carbonyl (C=O) groups is 1. The summed E-state index contributed by atoms with van der Waals surface area (Å²) in [6.07, 6.45) is 1.13. The molecule has 0 bridgehead atoms. The van der Waals surface area contributed by atoms with Gasteiger partial charge in [-0.05, 0) is 37.2 Å². The van der Waals surface area contributed by atoms with Crippen LogP contribution in [0.3, 0.4) is 0 Å². The third-order valence-electron chi connectivity index (χ3n) is 4.81. The van der Waals surface area contributed by atoms with Gasteiger partial charge in [0.05, 0.1) is 4.90 Å². The molecule has 0 radical (unpaired) electrons. The number of amides is 1. The third-order valence-corrected chi connectivity index (χ3v) is 6.72. The van der Waals surface area contributed by atoms with Gasteiger partial charge < -0.3 is 10.6 Å². The van der Waals surface area contributed by atoms with Crippen LogP contribution >= 0.6 is 0 Å². The van der Waals surface area contributed by atoms with Crippen molar-refractivity contribution in [2.24, 2.45) is 0 Å². The summed E-state index contributed by atoms with van der Waals surface area (Å²) in [5.74, 6) is -0.224. The lowest BCUT2D eigenvalue weighted by Gasteiger charge is -2.37. The molecule has 1 unspecified atom stereocenters. The highest BCUT2D eigenvalue weighted by atomic mass is 32.2. The van der Waals surface area contributed by atoms with Gasteiger partial charge in [-0.3, -0.25) is 9.69 Å². The van der Waals surface area contributed by atoms with Crippen LogP contribution in [-0.4, -0.2) is 75.9 Å². The van der Waals surface area contributed by atoms with Gasteiger partial charge in [0.25, 0.3) is 5.91 Å². The van der Waals surface area contributed by atoms with E-state index in [4.69, 9.17) is 0 Å². The Kier molecular flexibility index (Phi) is 5.19. The molecule has 2 N–H and O–H groups in total. The van der Waals surface area contributed by atoms with Gasteiger partial charge in [-0.2, -0.15) is 4.31 Å². The molecular formula is C16H24N4O3S. The molecule has 0 saturated carbocycles. The monoisotopic (exact) mass is 352 g/mol. The quantitative estimate of drug-likeness (QED) is 0.779. The SMILES string of the molecule is CNC(=O)c1ccc(S(=O)(=O)N2CCN(C3CCNC3)CC2)cc1. The van der Waals surface area contributed by atoms with Gasteiger partial charge in [0.2, 0.25) is 10.0 Å². The Bertz CT molecular complexity index is 676. The third kappa shape index (κ3) is 3.46. The zero-order chi connectivity index (χ0) is 17.2. The number of piperazine rings is 1. The lowest BCUT2D eigenvalue weighted by molar-refractivity contribution is 0.0963. The molecule has 0 spiro atoms. The maximum Gasteiger partial charge on any atom is 0.251 e. The summed E-state index contributed by atoms with van der Waals surface area (Å²) in [7, 11) is -1.95. The van der Waals surface area contributed by atoms with Gasteiger partial charge >= 0.3 is 0 Å². The van der Waals surface area contributed by atoms with Crippen LogP contribution in [0, 0.1) is 0 Å². The fraction of sp³-hybridized carbons (Fsp3) is 0.562. The highest BCUT2D eigenvalue weighted by molar-refractivity contribution is 7.89. The molecule has 7 nitrogen and oxygen atoms in total. The van der Waals surface area contributed by atoms with E-state index in [1.807, 2.05) is 0 Å². The van der Waals surface area contributed by atoms with Crippen LogP contribution in [0.15, 0.2) is 29.2 Å². The minimum Gasteiger partial charge on any atom is -0.355 e. The molecule has 0 aliphatic carbocycles. The summed E-state index contributed by atoms with van der Waals surface area (Å²) >= 11 is 0. The average molecular weight is 352 g/mol. The normalized spacial score (nSPS) is 23.3. The maximum atomic E-state index is 12.8. The number of nitrogens with zero attached hydrogens (tertiary/aromatic N) is 2. The minimum atomic E-state index is -3.50. The first-order valence-electron chi connectivity index (χ1n) is 8.29. The Morgan fingerprint density at radius 1 is 1.17 bits per heavy atom. The molecular weight excluding hydrogens is 328 g/mol. The molecule has 1 atom stereocenters. The van der Waals surface area contributed by atoms with Crippen LogP contribution in [0.4, 0.5) is 0 Å². The average Bonchev–Trinajstić information content (AvgIpc) is 3.16. The number of benzene rings is 1. The number of rotatable bonds is 4. The Morgan fingerprint density at radius 2 is 1.83 bits per heavy atom. The molecule has 1 aromatic carbocycles. The smallest absolute Gasteiger partial charge is 0.251 e. The standard InChI is InChI=1S/C16H24N4O3S/c1-17-16(21)13-2-4-15(5-3-13)24(22,23)20-10-8-19(9-11-20)14-6-7-18-12-14/h2-5,14,18H,6-12H2,1H3,(H,17,21). The van der Waals surface area contributed by atoms with Gasteiger partial charge in [-0.1, -0.05) is 0 Å². The predicted octanol–water partition coefficient (Wildman–Crippen LogP) is -0.286. The second-order valence-corrected chi connectivity index (χ2v) is 8.13. The summed E-state index contributed by atoms with van der Waals surface area (Å²) in [6, 6.07) is 6.64. The van der Waals surface area contributed by atoms with Crippen LogP contribution in [0.25, 0.3) is 0 Å². The maximum absolute atomic E-state index is 12.8. The van der Waals surface area contributed by atoms with Gasteiger partial charge in [-0.25, -0.2) is 8.42 Å². The predicted molar refractivity (Wildman–Crippen MR) is 91.4 cm³/mol. The van der Waals surface area contributed by atoms with Crippen LogP contribution in [0.5, 0.6) is 0 Å². The molecule has 0 aromatic heterocycles. The summed E-state index contributed by atoms with van der Waals surface area (Å²) in [6.45, 7) is 4.59. The molecule has 2 saturated heterocycles. The summed E-state index contributed by atoms with van der Waals surface area (Å²) in [5, 5.41) is 5.87. The van der Waals surface area contributed by atoms with Gasteiger partial charge in [0.1, 0.15) is 0 Å². The first kappa shape index (κ1) is 17.3. The van der Waals surface area contributed by atoms with E-state index in [2.05, 4.69) is 15.5 Å². The van der Waals surface area contributed by atoms with Crippen molar-refractivity contribution in [3.63, 3.8) is 0 Å². The number of hydrogen-bond donors (Lipinski definition) is 2. The van der Waals surface area contributed by atoms with E-state index in [0.717, 1.165) is 32.6 Å². The van der Waals surface area contributed by atoms with E-state index in [0.29, 0.717) is 24.7 Å². The zero-order valence-electron chi connectivity index (χ0n) is 13.9. The van der Waals surface area contributed by atoms with Crippen molar-refractivity contribution in [1.29, 1.82) is 0 Å². The topological polar surface area (TPSA) is 81.8 Å². The summed E-state index contributed by atoms with van der Waals surface area (Å²) in [4.78, 5) is 14.2. The molecule has 1 aromatic rings. The molecule has 24 heavy (non-hydrogen) atoms. The molecule has 2 aliphatic rings. The van der Waals surface area contributed by atoms with Gasteiger partial charge in [0.15, 0.2) is 0 Å². The van der Waals surface area contributed by atoms with Gasteiger partial charge in [0, 0.05) is 51.4 Å². The molecule has 3 rings (SSSR count). The molecule has 2 heterocycles. The zero-order valence-corrected chi connectivity index (χ0v) is 14.7. The van der Waals surface area contributed by atoms with E-state index in [9.17, 15) is 13.2 Å². The number of hydrogen-bond acceptors (Lipinski definition) is 5. The number of nitrogens with one attached hydrogen (secondary N) is 2. The molecule has 2 aliphatic heterocycles. The molecule has 8 heteroatoms. The first-order valence-corrected chi connectivity index (χ1v) is 9.73. The first-order chi connectivity index (χ1) is 11.5. The van der Waals surface area contributed by atoms with Crippen molar-refractivity contribution in [2.75, 3.05) is 46.3 Å². The van der Waals surface area contributed by atoms with Crippen molar-refractivity contribution < 1.29 is 13.2 Å². The Morgan fingerprint density at radius 3 is 2.38 bits per heavy atom. The van der Waals surface area contributed by atoms with E-state index in [1.165, 1.54) is 12.1 Å². The molecule has 1 amide bonds. The van der Waals surface area contributed by atoms with Crippen LogP contribution in [-0.2, 0) is 10.0 Å². The van der Waals surface area contributed by atoms with Gasteiger partial charge in [-0.15, -0.1) is 0 Å². The van der Waals surface area contributed by atoms with Crippen molar-refractivity contribution in [3.8, 4) is 0 Å². The Hall–Kier alpha value is -1.48. The lowest BCUT2D eigenvalue weighted by Crippen LogP contribution is -2.52. The Balaban J connectivity index is 1.66. The van der Waals surface area contributed by atoms with Crippen molar-refractivity contribution >= 4 is 15.9 Å². The second kappa shape index (κ2) is 7.18. The van der Waals surface area contributed by atoms with E-state index in [-0.39, 0.29) is 10.8 Å². The molecule has 2 fully saturated rings. The fourth-order valence-corrected chi connectivity index (χ4v) is 4.75. The minimum absolute atomic E-state index is 0.224. The largest absolute Gasteiger partial charge is 0.355 e. The number of sulfonamides is 1. The molecule has 132 valence electrons. The van der Waals surface area contributed by atoms with E-state index >= 15 is 0 Å². The Labute approximate surface area is 143 Å². The van der Waals surface area contributed by atoms with E-state index in [1.54, 1.807) is 23.5 Å². The fourth-order valence-electron chi connectivity index (χ4n) is 3.33. The number of carbonyl (C=O) groups excluding carboxylic acids is 1. The van der Waals surface area contributed by atoms with Crippen molar-refractivity contribution in [3.05, 3.63) is 29.8 Å². The lowest BCUT2D eigenvalue weighted by atomic mass is 10.2. The van der Waals surface area contributed by atoms with Crippen molar-refractivity contribution in [2.45, 2.75) is 17.4 Å². The van der Waals surface area contributed by atoms with Crippen LogP contribution in [0.1, 0.15) is 16.8 Å². The highest BCUT2D eigenvalue weighted by Crippen LogP contribution is 2.20. The summed E-state index contributed by atoms with van der Waals surface area (Å²) in [5.41, 5.74) is 0.454. The summed E-state index contributed by atoms with van der Waals surface area (Å²) < 4.78 is 27.1. The van der Waals surface area contributed by atoms with E-state index < -0.39 is 10.0 Å².